The van der Waals surface area contributed by atoms with E-state index in [0.717, 1.165) is 28.6 Å². The van der Waals surface area contributed by atoms with E-state index >= 15 is 4.39 Å². The lowest BCUT2D eigenvalue weighted by molar-refractivity contribution is 0.0247. The molecule has 11 heteroatoms. The zero-order valence-corrected chi connectivity index (χ0v) is 20.9. The molecule has 5 rings (SSSR count). The van der Waals surface area contributed by atoms with Crippen LogP contribution >= 0.6 is 0 Å². The quantitative estimate of drug-likeness (QED) is 0.549. The summed E-state index contributed by atoms with van der Waals surface area (Å²) in [5.74, 6) is -2.06. The van der Waals surface area contributed by atoms with Crippen LogP contribution in [0.15, 0.2) is 36.5 Å². The largest absolute Gasteiger partial charge is 0.443 e. The van der Waals surface area contributed by atoms with Crippen LogP contribution in [0.4, 0.5) is 15.0 Å². The second kappa shape index (κ2) is 8.92. The fourth-order valence-electron chi connectivity index (χ4n) is 4.06. The molecular weight excluding hydrogens is 491 g/mol. The highest BCUT2D eigenvalue weighted by Crippen LogP contribution is 2.35. The molecule has 1 unspecified atom stereocenters. The maximum atomic E-state index is 15.1. The predicted molar refractivity (Wildman–Crippen MR) is 135 cm³/mol. The first-order chi connectivity index (χ1) is 20.2. The van der Waals surface area contributed by atoms with Gasteiger partial charge < -0.3 is 14.7 Å². The Hall–Kier alpha value is -4.30. The van der Waals surface area contributed by atoms with Crippen molar-refractivity contribution in [2.45, 2.75) is 51.8 Å². The molecule has 2 aromatic heterocycles. The second-order valence-electron chi connectivity index (χ2n) is 9.87. The first-order valence-corrected chi connectivity index (χ1v) is 11.5. The predicted octanol–water partition coefficient (Wildman–Crippen LogP) is 3.80. The van der Waals surface area contributed by atoms with Gasteiger partial charge >= 0.3 is 6.09 Å². The maximum Gasteiger partial charge on any atom is 0.417 e. The molecule has 0 radical (unpaired) electrons. The fourth-order valence-corrected chi connectivity index (χ4v) is 4.06. The molecule has 0 saturated carbocycles. The summed E-state index contributed by atoms with van der Waals surface area (Å²) >= 11 is 0. The van der Waals surface area contributed by atoms with E-state index in [1.807, 2.05) is 6.07 Å². The molecular formula is C27H27FN6O4. The number of ether oxygens (including phenoxy) is 1. The van der Waals surface area contributed by atoms with Crippen LogP contribution in [0.2, 0.25) is 0 Å². The van der Waals surface area contributed by atoms with Crippen molar-refractivity contribution < 1.29 is 32.0 Å². The van der Waals surface area contributed by atoms with Gasteiger partial charge in [0.2, 0.25) is 0 Å². The third kappa shape index (κ3) is 4.59. The second-order valence-corrected chi connectivity index (χ2v) is 9.87. The number of aliphatic hydroxyl groups is 1. The molecule has 0 spiro atoms. The number of β-amino-alcohol motifs (C(OH)–C–C–N with tert-alkyl or cyclic N) is 1. The normalized spacial score (nSPS) is 25.3. The molecule has 10 nitrogen and oxygen atoms in total. The van der Waals surface area contributed by atoms with Gasteiger partial charge in [0.25, 0.3) is 5.91 Å². The molecule has 196 valence electrons. The number of hydrogen-bond acceptors (Lipinski definition) is 8. The summed E-state index contributed by atoms with van der Waals surface area (Å²) in [6.07, 6.45) is -2.85. The minimum absolute atomic E-state index is 0.0173. The summed E-state index contributed by atoms with van der Waals surface area (Å²) in [4.78, 5) is 32.1. The van der Waals surface area contributed by atoms with Crippen LogP contribution in [-0.2, 0) is 11.3 Å². The van der Waals surface area contributed by atoms with Crippen LogP contribution in [0.25, 0.3) is 16.9 Å². The molecule has 0 bridgehead atoms. The van der Waals surface area contributed by atoms with Crippen molar-refractivity contribution in [3.05, 3.63) is 59.2 Å². The van der Waals surface area contributed by atoms with Crippen molar-refractivity contribution in [1.82, 2.24) is 19.7 Å². The number of anilines is 1. The van der Waals surface area contributed by atoms with Crippen molar-refractivity contribution >= 4 is 17.8 Å². The zero-order valence-electron chi connectivity index (χ0n) is 26.9. The molecule has 1 N–H and O–H groups in total. The Morgan fingerprint density at radius 2 is 2.08 bits per heavy atom. The van der Waals surface area contributed by atoms with Crippen molar-refractivity contribution in [3.63, 3.8) is 0 Å². The first kappa shape index (κ1) is 18.9. The Labute approximate surface area is 227 Å². The Morgan fingerprint density at radius 3 is 2.74 bits per heavy atom. The van der Waals surface area contributed by atoms with Gasteiger partial charge in [-0.2, -0.15) is 10.4 Å². The van der Waals surface area contributed by atoms with Gasteiger partial charge in [0, 0.05) is 30.7 Å². The van der Waals surface area contributed by atoms with E-state index in [9.17, 15) is 20.0 Å². The molecule has 38 heavy (non-hydrogen) atoms. The monoisotopic (exact) mass is 524 g/mol. The number of rotatable bonds is 3. The Kier molecular flexibility index (Phi) is 4.43. The fraction of sp³-hybridized carbons (Fsp3) is 0.370. The lowest BCUT2D eigenvalue weighted by atomic mass is 10.0. The smallest absolute Gasteiger partial charge is 0.417 e. The number of nitrogens with zero attached hydrogens (tertiary/aromatic N) is 6. The molecule has 0 aliphatic carbocycles. The molecule has 1 fully saturated rings. The summed E-state index contributed by atoms with van der Waals surface area (Å²) < 4.78 is 71.5. The van der Waals surface area contributed by atoms with Gasteiger partial charge in [-0.25, -0.2) is 23.8 Å². The number of fused-ring (bicyclic) bond motifs is 1. The summed E-state index contributed by atoms with van der Waals surface area (Å²) in [6.45, 7) is -0.775. The SMILES string of the molecule is [2H]C1([2H])N(c2ccn(-c3cc(-c4c(F)cccc4C#N)nc4c3C(=O)N(C(=O)OC(C)(C)C)C4)n2)C([2H])([2H])C(C)(O)C1([2H])[2H]. The van der Waals surface area contributed by atoms with Gasteiger partial charge in [-0.15, -0.1) is 0 Å². The minimum Gasteiger partial charge on any atom is -0.443 e. The van der Waals surface area contributed by atoms with Gasteiger partial charge in [0.15, 0.2) is 5.82 Å². The molecule has 2 aliphatic rings. The third-order valence-corrected chi connectivity index (χ3v) is 5.64. The number of imide groups is 1. The highest BCUT2D eigenvalue weighted by Gasteiger charge is 2.39. The Bertz CT molecular complexity index is 1740. The van der Waals surface area contributed by atoms with Crippen LogP contribution in [0.3, 0.4) is 0 Å². The van der Waals surface area contributed by atoms with Crippen LogP contribution < -0.4 is 4.90 Å². The molecule has 1 saturated heterocycles. The lowest BCUT2D eigenvalue weighted by Crippen LogP contribution is -2.37. The summed E-state index contributed by atoms with van der Waals surface area (Å²) in [6, 6.07) is 8.11. The van der Waals surface area contributed by atoms with Crippen LogP contribution in [0, 0.1) is 17.1 Å². The van der Waals surface area contributed by atoms with Crippen molar-refractivity contribution in [2.75, 3.05) is 17.9 Å². The topological polar surface area (TPSA) is 125 Å². The van der Waals surface area contributed by atoms with E-state index in [4.69, 9.17) is 13.0 Å². The first-order valence-electron chi connectivity index (χ1n) is 14.5. The number of nitriles is 1. The number of carbonyl (C=O) groups is 2. The van der Waals surface area contributed by atoms with Crippen LogP contribution in [-0.4, -0.2) is 61.0 Å². The number of halogens is 1. The number of aromatic nitrogens is 3. The van der Waals surface area contributed by atoms with Gasteiger partial charge in [-0.05, 0) is 52.3 Å². The van der Waals surface area contributed by atoms with Crippen molar-refractivity contribution in [1.29, 1.82) is 5.26 Å². The molecule has 2 amide bonds. The van der Waals surface area contributed by atoms with E-state index < -0.39 is 54.2 Å². The number of pyridine rings is 1. The highest BCUT2D eigenvalue weighted by molar-refractivity contribution is 6.08. The van der Waals surface area contributed by atoms with E-state index in [1.165, 1.54) is 24.4 Å². The van der Waals surface area contributed by atoms with Gasteiger partial charge in [0.05, 0.1) is 54.7 Å². The summed E-state index contributed by atoms with van der Waals surface area (Å²) in [5, 5.41) is 24.7. The number of hydrogen-bond donors (Lipinski definition) is 1. The van der Waals surface area contributed by atoms with Gasteiger partial charge in [-0.1, -0.05) is 6.07 Å². The molecule has 1 aromatic carbocycles. The Morgan fingerprint density at radius 1 is 1.32 bits per heavy atom. The molecule has 1 atom stereocenters. The number of carbonyl (C=O) groups excluding carboxylic acids is 2. The van der Waals surface area contributed by atoms with E-state index in [0.29, 0.717) is 4.90 Å². The van der Waals surface area contributed by atoms with E-state index in [1.54, 1.807) is 20.8 Å². The van der Waals surface area contributed by atoms with Crippen molar-refractivity contribution in [2.24, 2.45) is 0 Å². The molecule has 3 aromatic rings. The molecule has 2 aliphatic heterocycles. The van der Waals surface area contributed by atoms with E-state index in [2.05, 4.69) is 10.1 Å². The van der Waals surface area contributed by atoms with Crippen LogP contribution in [0.1, 0.15) is 63.9 Å². The average molecular weight is 525 g/mol. The average Bonchev–Trinajstić information content (AvgIpc) is 3.52. The summed E-state index contributed by atoms with van der Waals surface area (Å²) in [5.41, 5.74) is -4.31. The van der Waals surface area contributed by atoms with Gasteiger partial charge in [-0.3, -0.25) is 4.79 Å². The number of benzene rings is 1. The molecule has 4 heterocycles. The number of amides is 2. The summed E-state index contributed by atoms with van der Waals surface area (Å²) in [7, 11) is 0. The Balaban J connectivity index is 1.70. The van der Waals surface area contributed by atoms with Gasteiger partial charge in [0.1, 0.15) is 11.4 Å². The maximum absolute atomic E-state index is 15.1. The van der Waals surface area contributed by atoms with Crippen LogP contribution in [0.5, 0.6) is 0 Å². The van der Waals surface area contributed by atoms with Crippen molar-refractivity contribution in [3.8, 4) is 23.0 Å². The lowest BCUT2D eigenvalue weighted by Gasteiger charge is -2.23. The third-order valence-electron chi connectivity index (χ3n) is 5.64. The van der Waals surface area contributed by atoms with E-state index in [-0.39, 0.29) is 40.3 Å². The standard InChI is InChI=1S/C27H27FN6O4/c1-26(2,3)38-25(36)33-14-19-23(24(33)35)20(12-18(30-19)22-16(13-29)6-5-7-17(22)28)34-10-8-21(31-34)32-11-9-27(4,37)15-32/h5-8,10,12,37H,9,11,14-15H2,1-4H3/i9D2,11D2,15D2. The zero-order chi connectivity index (χ0) is 32.8. The highest BCUT2D eigenvalue weighted by atomic mass is 19.1. The minimum atomic E-state index is -3.10.